The predicted octanol–water partition coefficient (Wildman–Crippen LogP) is 12.2. The Hall–Kier alpha value is -5.57. The molecule has 0 aliphatic carbocycles. The number of para-hydroxylation sites is 2. The summed E-state index contributed by atoms with van der Waals surface area (Å²) >= 11 is 0. The molecule has 4 nitrogen and oxygen atoms in total. The summed E-state index contributed by atoms with van der Waals surface area (Å²) in [6.07, 6.45) is 1.50. The molecule has 0 atom stereocenters. The third kappa shape index (κ3) is 7.00. The summed E-state index contributed by atoms with van der Waals surface area (Å²) in [5.41, 5.74) is 6.22. The van der Waals surface area contributed by atoms with Crippen molar-refractivity contribution in [3.05, 3.63) is 168 Å². The van der Waals surface area contributed by atoms with Gasteiger partial charge in [0.15, 0.2) is 0 Å². The number of phenolic OH excluding ortho intramolecular Hbond substituents is 1. The van der Waals surface area contributed by atoms with E-state index >= 15 is 0 Å². The van der Waals surface area contributed by atoms with Gasteiger partial charge in [-0.2, -0.15) is 0 Å². The molecule has 0 aliphatic heterocycles. The standard InChI is InChI=1S/C48H40N3O.Pt/c1-31-18-20-33(21-19-31)35-24-25-49-43(30-35)37-27-36(28-38(29-37)48(3,4)5)41-15-11-16-44-46(41)50-47(42-14-9-10-17-45(42)52)51(44)39-22-23-40(32(2)26-39)34-12-7-6-8-13-34;/h6-26,28-30,52H,1-5H3;/q-1;/i1D3,2D3,18D,19D,20D,21D;. The van der Waals surface area contributed by atoms with Gasteiger partial charge in [-0.1, -0.05) is 128 Å². The maximum Gasteiger partial charge on any atom is 0.148 e. The molecule has 0 aliphatic rings. The van der Waals surface area contributed by atoms with Crippen molar-refractivity contribution >= 4 is 11.0 Å². The fourth-order valence-electron chi connectivity index (χ4n) is 6.44. The maximum atomic E-state index is 11.2. The van der Waals surface area contributed by atoms with Crippen LogP contribution >= 0.6 is 0 Å². The van der Waals surface area contributed by atoms with Gasteiger partial charge in [-0.3, -0.25) is 9.55 Å². The number of fused-ring (bicyclic) bond motifs is 1. The molecular weight excluding hydrogens is 830 g/mol. The second kappa shape index (κ2) is 14.5. The van der Waals surface area contributed by atoms with Crippen molar-refractivity contribution in [2.75, 3.05) is 0 Å². The molecule has 5 heteroatoms. The molecule has 8 rings (SSSR count). The van der Waals surface area contributed by atoms with Crippen LogP contribution in [0.1, 0.15) is 51.2 Å². The Morgan fingerprint density at radius 2 is 1.45 bits per heavy atom. The van der Waals surface area contributed by atoms with Crippen LogP contribution in [-0.2, 0) is 26.5 Å². The van der Waals surface area contributed by atoms with Gasteiger partial charge in [0.05, 0.1) is 22.1 Å². The monoisotopic (exact) mass is 879 g/mol. The molecule has 0 saturated heterocycles. The van der Waals surface area contributed by atoms with Crippen LogP contribution in [0.3, 0.4) is 0 Å². The van der Waals surface area contributed by atoms with E-state index < -0.39 is 43.4 Å². The molecular formula is C48H40N3OPt-. The maximum absolute atomic E-state index is 11.2. The van der Waals surface area contributed by atoms with E-state index in [9.17, 15) is 5.11 Å². The molecule has 264 valence electrons. The van der Waals surface area contributed by atoms with Crippen molar-refractivity contribution in [2.45, 2.75) is 39.9 Å². The normalized spacial score (nSPS) is 14.6. The first-order valence-corrected chi connectivity index (χ1v) is 16.9. The van der Waals surface area contributed by atoms with E-state index in [-0.39, 0.29) is 43.4 Å². The van der Waals surface area contributed by atoms with E-state index in [1.54, 1.807) is 48.5 Å². The number of phenols is 1. The van der Waals surface area contributed by atoms with Gasteiger partial charge in [0.25, 0.3) is 0 Å². The number of imidazole rings is 1. The van der Waals surface area contributed by atoms with Crippen LogP contribution in [0.5, 0.6) is 5.75 Å². The number of hydrogen-bond donors (Lipinski definition) is 1. The molecule has 0 saturated carbocycles. The molecule has 1 N–H and O–H groups in total. The first-order chi connectivity index (χ1) is 29.2. The molecule has 0 amide bonds. The molecule has 0 bridgehead atoms. The van der Waals surface area contributed by atoms with Crippen LogP contribution < -0.4 is 0 Å². The summed E-state index contributed by atoms with van der Waals surface area (Å²) in [5.74, 6) is 0.382. The van der Waals surface area contributed by atoms with Crippen LogP contribution in [0.25, 0.3) is 72.7 Å². The number of hydrogen-bond acceptors (Lipinski definition) is 3. The van der Waals surface area contributed by atoms with E-state index in [1.165, 1.54) is 6.20 Å². The van der Waals surface area contributed by atoms with Gasteiger partial charge < -0.3 is 5.11 Å². The Balaban J connectivity index is 0.00000595. The van der Waals surface area contributed by atoms with Crippen LogP contribution in [-0.4, -0.2) is 19.6 Å². The Morgan fingerprint density at radius 3 is 2.21 bits per heavy atom. The fourth-order valence-corrected chi connectivity index (χ4v) is 6.44. The third-order valence-electron chi connectivity index (χ3n) is 9.15. The number of aromatic nitrogens is 3. The molecule has 6 aromatic carbocycles. The van der Waals surface area contributed by atoms with Crippen molar-refractivity contribution in [2.24, 2.45) is 0 Å². The van der Waals surface area contributed by atoms with Gasteiger partial charge in [-0.15, -0.1) is 29.3 Å². The molecule has 0 unspecified atom stereocenters. The molecule has 0 fully saturated rings. The average Bonchev–Trinajstić information content (AvgIpc) is 3.62. The predicted molar refractivity (Wildman–Crippen MR) is 215 cm³/mol. The summed E-state index contributed by atoms with van der Waals surface area (Å²) in [7, 11) is 0. The topological polar surface area (TPSA) is 50.9 Å². The fraction of sp³-hybridized carbons (Fsp3) is 0.125. The van der Waals surface area contributed by atoms with Crippen LogP contribution in [0, 0.1) is 19.8 Å². The molecule has 2 heterocycles. The molecule has 0 radical (unpaired) electrons. The Bertz CT molecular complexity index is 3020. The second-order valence-corrected chi connectivity index (χ2v) is 13.7. The summed E-state index contributed by atoms with van der Waals surface area (Å²) in [4.78, 5) is 9.84. The van der Waals surface area contributed by atoms with Crippen LogP contribution in [0.2, 0.25) is 0 Å². The molecule has 0 spiro atoms. The first-order valence-electron chi connectivity index (χ1n) is 21.9. The van der Waals surface area contributed by atoms with Crippen molar-refractivity contribution in [1.82, 2.24) is 14.5 Å². The zero-order valence-corrected chi connectivity index (χ0v) is 31.4. The minimum absolute atomic E-state index is 0. The summed E-state index contributed by atoms with van der Waals surface area (Å²) < 4.78 is 85.4. The zero-order valence-electron chi connectivity index (χ0n) is 39.2. The quantitative estimate of drug-likeness (QED) is 0.169. The van der Waals surface area contributed by atoms with Crippen molar-refractivity contribution < 1.29 is 39.9 Å². The number of aryl methyl sites for hydroxylation is 1. The molecule has 53 heavy (non-hydrogen) atoms. The summed E-state index contributed by atoms with van der Waals surface area (Å²) in [6.45, 7) is 0.923. The molecule has 8 aromatic rings. The second-order valence-electron chi connectivity index (χ2n) is 13.7. The van der Waals surface area contributed by atoms with Gasteiger partial charge in [-0.25, -0.2) is 4.98 Å². The number of aromatic hydroxyl groups is 1. The summed E-state index contributed by atoms with van der Waals surface area (Å²) in [6, 6.07) is 35.8. The summed E-state index contributed by atoms with van der Waals surface area (Å²) in [5, 5.41) is 11.2. The number of benzene rings is 6. The van der Waals surface area contributed by atoms with Crippen molar-refractivity contribution in [1.29, 1.82) is 0 Å². The Morgan fingerprint density at radius 1 is 0.698 bits per heavy atom. The van der Waals surface area contributed by atoms with E-state index in [4.69, 9.17) is 18.7 Å². The number of pyridine rings is 1. The minimum Gasteiger partial charge on any atom is -0.507 e. The van der Waals surface area contributed by atoms with Crippen LogP contribution in [0.4, 0.5) is 0 Å². The Labute approximate surface area is 340 Å². The van der Waals surface area contributed by atoms with E-state index in [2.05, 4.69) is 31.8 Å². The Kier molecular flexibility index (Phi) is 6.93. The van der Waals surface area contributed by atoms with Gasteiger partial charge in [0, 0.05) is 46.9 Å². The van der Waals surface area contributed by atoms with E-state index in [1.807, 2.05) is 71.3 Å². The van der Waals surface area contributed by atoms with Gasteiger partial charge in [-0.05, 0) is 83.3 Å². The van der Waals surface area contributed by atoms with E-state index in [0.29, 0.717) is 61.6 Å². The van der Waals surface area contributed by atoms with Gasteiger partial charge in [0.1, 0.15) is 11.6 Å². The molecule has 2 aromatic heterocycles. The first kappa shape index (κ1) is 25.4. The smallest absolute Gasteiger partial charge is 0.148 e. The average molecular weight is 880 g/mol. The zero-order chi connectivity index (χ0) is 44.5. The number of nitrogens with zero attached hydrogens (tertiary/aromatic N) is 3. The SMILES string of the molecule is [2H]c1c([2H])c(C([2H])([2H])[2H])c([2H])c([2H])c1-c1ccnc(-c2[c-]c(-c3cccc4c3nc(-c3ccccc3O)n4-c3ccc(-c4ccccc4)c(C([2H])([2H])[2H])c3)cc(C(C)(C)C)c2)c1.[Pt]. The van der Waals surface area contributed by atoms with Crippen LogP contribution in [0.15, 0.2) is 146 Å². The number of rotatable bonds is 6. The van der Waals surface area contributed by atoms with Gasteiger partial charge in [0.2, 0.25) is 0 Å². The largest absolute Gasteiger partial charge is 0.507 e. The minimum atomic E-state index is -2.84. The van der Waals surface area contributed by atoms with Crippen molar-refractivity contribution in [3.8, 4) is 67.5 Å². The third-order valence-corrected chi connectivity index (χ3v) is 9.15. The van der Waals surface area contributed by atoms with Gasteiger partial charge >= 0.3 is 0 Å². The van der Waals surface area contributed by atoms with E-state index in [0.717, 1.165) is 11.1 Å². The van der Waals surface area contributed by atoms with Crippen molar-refractivity contribution in [3.63, 3.8) is 0 Å².